The van der Waals surface area contributed by atoms with Crippen LogP contribution >= 0.6 is 11.3 Å². The number of thiophene rings is 1. The van der Waals surface area contributed by atoms with Crippen molar-refractivity contribution in [3.8, 4) is 10.6 Å². The standard InChI is InChI=1S/C23H16F3N2S/c1-13-16-9-5-6-10-19(16)29-21(13)20-17-11-14-7-3-4-8-15(14)12-18(17)22(23(24,25)26)27-28(20)2/h3-12H,1-2H3/q+1. The number of aryl methyl sites for hydroxylation is 2. The lowest BCUT2D eigenvalue weighted by molar-refractivity contribution is -0.720. The molecule has 5 rings (SSSR count). The molecular formula is C23H16F3N2S+. The van der Waals surface area contributed by atoms with Crippen molar-refractivity contribution in [3.63, 3.8) is 0 Å². The monoisotopic (exact) mass is 409 g/mol. The van der Waals surface area contributed by atoms with Gasteiger partial charge in [0.25, 0.3) is 5.69 Å². The maximum atomic E-state index is 13.8. The van der Waals surface area contributed by atoms with Gasteiger partial charge in [-0.05, 0) is 46.8 Å². The zero-order valence-corrected chi connectivity index (χ0v) is 16.5. The minimum atomic E-state index is -4.54. The molecule has 2 nitrogen and oxygen atoms in total. The average Bonchev–Trinajstić information content (AvgIpc) is 3.02. The van der Waals surface area contributed by atoms with E-state index in [0.717, 1.165) is 31.3 Å². The molecule has 3 aromatic carbocycles. The maximum absolute atomic E-state index is 13.8. The fourth-order valence-corrected chi connectivity index (χ4v) is 5.24. The molecule has 0 atom stereocenters. The van der Waals surface area contributed by atoms with Crippen LogP contribution in [0.4, 0.5) is 13.2 Å². The smallest absolute Gasteiger partial charge is 0.164 e. The molecule has 0 bridgehead atoms. The quantitative estimate of drug-likeness (QED) is 0.231. The van der Waals surface area contributed by atoms with Crippen molar-refractivity contribution in [2.75, 3.05) is 0 Å². The Balaban J connectivity index is 1.96. The Morgan fingerprint density at radius 1 is 0.862 bits per heavy atom. The number of fused-ring (bicyclic) bond motifs is 3. The lowest BCUT2D eigenvalue weighted by Crippen LogP contribution is -2.38. The average molecular weight is 409 g/mol. The molecule has 0 fully saturated rings. The van der Waals surface area contributed by atoms with Gasteiger partial charge in [0, 0.05) is 15.2 Å². The highest BCUT2D eigenvalue weighted by atomic mass is 32.1. The molecule has 0 saturated heterocycles. The van der Waals surface area contributed by atoms with Crippen LogP contribution in [0.2, 0.25) is 0 Å². The Bertz CT molecular complexity index is 1420. The largest absolute Gasteiger partial charge is 0.439 e. The maximum Gasteiger partial charge on any atom is 0.439 e. The molecule has 0 amide bonds. The highest BCUT2D eigenvalue weighted by molar-refractivity contribution is 7.22. The molecule has 0 aliphatic carbocycles. The highest BCUT2D eigenvalue weighted by Gasteiger charge is 2.39. The van der Waals surface area contributed by atoms with Crippen LogP contribution in [0.3, 0.4) is 0 Å². The SMILES string of the molecule is Cc1c(-c2c3cc4ccccc4cc3c(C(F)(F)F)n[n+]2C)sc2ccccc12. The van der Waals surface area contributed by atoms with Crippen LogP contribution in [0, 0.1) is 6.92 Å². The van der Waals surface area contributed by atoms with Crippen molar-refractivity contribution in [3.05, 3.63) is 71.9 Å². The van der Waals surface area contributed by atoms with E-state index in [9.17, 15) is 13.2 Å². The summed E-state index contributed by atoms with van der Waals surface area (Å²) in [6.07, 6.45) is -4.54. The van der Waals surface area contributed by atoms with Gasteiger partial charge in [0.2, 0.25) is 5.69 Å². The van der Waals surface area contributed by atoms with E-state index in [1.165, 1.54) is 4.68 Å². The van der Waals surface area contributed by atoms with Gasteiger partial charge < -0.3 is 0 Å². The van der Waals surface area contributed by atoms with E-state index >= 15 is 0 Å². The van der Waals surface area contributed by atoms with Crippen LogP contribution in [-0.4, -0.2) is 5.10 Å². The summed E-state index contributed by atoms with van der Waals surface area (Å²) in [5.41, 5.74) is 0.901. The molecule has 29 heavy (non-hydrogen) atoms. The van der Waals surface area contributed by atoms with Gasteiger partial charge in [-0.3, -0.25) is 0 Å². The van der Waals surface area contributed by atoms with Crippen molar-refractivity contribution < 1.29 is 17.9 Å². The number of benzene rings is 3. The van der Waals surface area contributed by atoms with E-state index in [1.807, 2.05) is 61.5 Å². The van der Waals surface area contributed by atoms with Crippen LogP contribution in [0.1, 0.15) is 11.3 Å². The number of aromatic nitrogens is 2. The van der Waals surface area contributed by atoms with Gasteiger partial charge in [0.15, 0.2) is 7.05 Å². The predicted octanol–water partition coefficient (Wildman–Crippen LogP) is 6.42. The number of hydrogen-bond donors (Lipinski definition) is 0. The van der Waals surface area contributed by atoms with Crippen LogP contribution in [0.25, 0.3) is 42.2 Å². The molecule has 0 radical (unpaired) electrons. The molecule has 144 valence electrons. The molecule has 0 aliphatic heterocycles. The second-order valence-electron chi connectivity index (χ2n) is 7.12. The summed E-state index contributed by atoms with van der Waals surface area (Å²) < 4.78 is 43.9. The summed E-state index contributed by atoms with van der Waals surface area (Å²) in [6, 6.07) is 18.9. The highest BCUT2D eigenvalue weighted by Crippen LogP contribution is 2.42. The van der Waals surface area contributed by atoms with Gasteiger partial charge in [-0.2, -0.15) is 13.2 Å². The van der Waals surface area contributed by atoms with E-state index in [2.05, 4.69) is 5.10 Å². The van der Waals surface area contributed by atoms with Crippen molar-refractivity contribution in [1.82, 2.24) is 5.10 Å². The summed E-state index contributed by atoms with van der Waals surface area (Å²) in [5, 5.41) is 7.43. The van der Waals surface area contributed by atoms with Gasteiger partial charge in [-0.1, -0.05) is 47.1 Å². The normalized spacial score (nSPS) is 12.3. The summed E-state index contributed by atoms with van der Waals surface area (Å²) >= 11 is 1.58. The van der Waals surface area contributed by atoms with Gasteiger partial charge in [-0.15, -0.1) is 11.3 Å². The van der Waals surface area contributed by atoms with Crippen LogP contribution < -0.4 is 4.68 Å². The molecular weight excluding hydrogens is 393 g/mol. The van der Waals surface area contributed by atoms with Gasteiger partial charge in [0.05, 0.1) is 5.39 Å². The van der Waals surface area contributed by atoms with E-state index in [1.54, 1.807) is 24.5 Å². The minimum absolute atomic E-state index is 0.126. The first-order chi connectivity index (χ1) is 13.8. The molecule has 2 aromatic heterocycles. The van der Waals surface area contributed by atoms with E-state index in [-0.39, 0.29) is 5.39 Å². The zero-order chi connectivity index (χ0) is 20.3. The lowest BCUT2D eigenvalue weighted by Gasteiger charge is -2.11. The van der Waals surface area contributed by atoms with Gasteiger partial charge >= 0.3 is 6.18 Å². The lowest BCUT2D eigenvalue weighted by atomic mass is 9.99. The molecule has 0 saturated carbocycles. The fourth-order valence-electron chi connectivity index (χ4n) is 3.94. The molecule has 0 aliphatic rings. The van der Waals surface area contributed by atoms with Crippen molar-refractivity contribution in [1.29, 1.82) is 0 Å². The fraction of sp³-hybridized carbons (Fsp3) is 0.130. The van der Waals surface area contributed by atoms with Crippen molar-refractivity contribution in [2.24, 2.45) is 7.05 Å². The molecule has 0 spiro atoms. The van der Waals surface area contributed by atoms with Crippen molar-refractivity contribution >= 4 is 43.0 Å². The molecule has 5 aromatic rings. The Labute approximate surface area is 168 Å². The van der Waals surface area contributed by atoms with Crippen LogP contribution in [-0.2, 0) is 13.2 Å². The van der Waals surface area contributed by atoms with E-state index in [0.29, 0.717) is 11.1 Å². The van der Waals surface area contributed by atoms with Crippen molar-refractivity contribution in [2.45, 2.75) is 13.1 Å². The van der Waals surface area contributed by atoms with Crippen LogP contribution in [0.15, 0.2) is 60.7 Å². The summed E-state index contributed by atoms with van der Waals surface area (Å²) in [6.45, 7) is 2.01. The first kappa shape index (κ1) is 18.1. The number of alkyl halides is 3. The third-order valence-electron chi connectivity index (χ3n) is 5.30. The van der Waals surface area contributed by atoms with E-state index in [4.69, 9.17) is 0 Å². The van der Waals surface area contributed by atoms with Crippen LogP contribution in [0.5, 0.6) is 0 Å². The third kappa shape index (κ3) is 2.78. The molecule has 6 heteroatoms. The second-order valence-corrected chi connectivity index (χ2v) is 8.17. The summed E-state index contributed by atoms with van der Waals surface area (Å²) in [5.74, 6) is 0. The Morgan fingerprint density at radius 2 is 1.48 bits per heavy atom. The number of hydrogen-bond acceptors (Lipinski definition) is 2. The summed E-state index contributed by atoms with van der Waals surface area (Å²) in [7, 11) is 1.59. The Kier molecular flexibility index (Phi) is 3.90. The molecule has 2 heterocycles. The minimum Gasteiger partial charge on any atom is -0.164 e. The van der Waals surface area contributed by atoms with E-state index < -0.39 is 11.9 Å². The number of rotatable bonds is 1. The number of nitrogens with zero attached hydrogens (tertiary/aromatic N) is 2. The van der Waals surface area contributed by atoms with Gasteiger partial charge in [0.1, 0.15) is 4.88 Å². The molecule has 0 unspecified atom stereocenters. The molecule has 0 N–H and O–H groups in total. The third-order valence-corrected chi connectivity index (χ3v) is 6.58. The first-order valence-corrected chi connectivity index (χ1v) is 9.95. The first-order valence-electron chi connectivity index (χ1n) is 9.13. The zero-order valence-electron chi connectivity index (χ0n) is 15.7. The second kappa shape index (κ2) is 6.26. The van der Waals surface area contributed by atoms with Gasteiger partial charge in [-0.25, -0.2) is 0 Å². The Hall–Kier alpha value is -2.99. The number of halogens is 3. The summed E-state index contributed by atoms with van der Waals surface area (Å²) in [4.78, 5) is 0.940. The predicted molar refractivity (Wildman–Crippen MR) is 111 cm³/mol. The topological polar surface area (TPSA) is 16.8 Å². The Morgan fingerprint density at radius 3 is 2.14 bits per heavy atom.